The van der Waals surface area contributed by atoms with E-state index in [1.54, 1.807) is 48.5 Å². The topological polar surface area (TPSA) is 94.3 Å². The van der Waals surface area contributed by atoms with Crippen molar-refractivity contribution in [2.24, 2.45) is 0 Å². The van der Waals surface area contributed by atoms with E-state index in [0.717, 1.165) is 10.0 Å². The number of halogens is 2. The minimum Gasteiger partial charge on any atom is -0.456 e. The Morgan fingerprint density at radius 3 is 2.54 bits per heavy atom. The summed E-state index contributed by atoms with van der Waals surface area (Å²) in [4.78, 5) is 27.9. The van der Waals surface area contributed by atoms with Crippen LogP contribution in [0, 0.1) is 0 Å². The number of nitrogens with zero attached hydrogens (tertiary/aromatic N) is 2. The van der Waals surface area contributed by atoms with Gasteiger partial charge in [0.25, 0.3) is 5.91 Å². The number of carbonyl (C=O) groups is 2. The summed E-state index contributed by atoms with van der Waals surface area (Å²) in [6.45, 7) is -0.366. The summed E-state index contributed by atoms with van der Waals surface area (Å²) in [6.07, 6.45) is 0.238. The largest absolute Gasteiger partial charge is 0.456 e. The monoisotopic (exact) mass is 463 g/mol. The fourth-order valence-corrected chi connectivity index (χ4v) is 2.62. The predicted molar refractivity (Wildman–Crippen MR) is 107 cm³/mol. The minimum absolute atomic E-state index is 0.0216. The molecular weight excluding hydrogens is 450 g/mol. The summed E-state index contributed by atoms with van der Waals surface area (Å²) in [5.41, 5.74) is 1.37. The van der Waals surface area contributed by atoms with Gasteiger partial charge in [0.05, 0.1) is 6.42 Å². The number of hydrogen-bond acceptors (Lipinski definition) is 6. The summed E-state index contributed by atoms with van der Waals surface area (Å²) >= 11 is 9.16. The summed E-state index contributed by atoms with van der Waals surface area (Å²) in [5.74, 6) is -0.231. The molecule has 0 unspecified atom stereocenters. The summed E-state index contributed by atoms with van der Waals surface area (Å²) in [5, 5.41) is 7.12. The first-order valence-electron chi connectivity index (χ1n) is 8.29. The molecule has 0 atom stereocenters. The highest BCUT2D eigenvalue weighted by Gasteiger charge is 2.13. The number of anilines is 1. The van der Waals surface area contributed by atoms with Gasteiger partial charge in [-0.2, -0.15) is 4.98 Å². The zero-order valence-electron chi connectivity index (χ0n) is 14.5. The molecule has 3 aromatic rings. The Hall–Kier alpha value is -2.71. The molecule has 0 fully saturated rings. The first-order valence-corrected chi connectivity index (χ1v) is 9.46. The Bertz CT molecular complexity index is 958. The summed E-state index contributed by atoms with van der Waals surface area (Å²) in [7, 11) is 0. The van der Waals surface area contributed by atoms with Crippen molar-refractivity contribution in [1.82, 2.24) is 10.1 Å². The highest BCUT2D eigenvalue weighted by molar-refractivity contribution is 9.10. The number of aryl methyl sites for hydroxylation is 1. The molecule has 144 valence electrons. The van der Waals surface area contributed by atoms with Crippen molar-refractivity contribution in [1.29, 1.82) is 0 Å². The van der Waals surface area contributed by atoms with Crippen LogP contribution in [0.4, 0.5) is 5.69 Å². The number of esters is 1. The Balaban J connectivity index is 1.42. The van der Waals surface area contributed by atoms with Crippen molar-refractivity contribution in [3.63, 3.8) is 0 Å². The van der Waals surface area contributed by atoms with Gasteiger partial charge in [-0.15, -0.1) is 0 Å². The molecular formula is C19H15BrClN3O4. The lowest BCUT2D eigenvalue weighted by atomic mass is 10.2. The Morgan fingerprint density at radius 1 is 1.11 bits per heavy atom. The van der Waals surface area contributed by atoms with Crippen LogP contribution >= 0.6 is 27.5 Å². The van der Waals surface area contributed by atoms with Gasteiger partial charge in [-0.1, -0.05) is 32.7 Å². The van der Waals surface area contributed by atoms with Gasteiger partial charge >= 0.3 is 5.97 Å². The Kier molecular flexibility index (Phi) is 6.78. The number of ether oxygens (including phenoxy) is 1. The number of benzene rings is 2. The molecule has 1 amide bonds. The second-order valence-corrected chi connectivity index (χ2v) is 7.09. The molecule has 3 rings (SSSR count). The molecule has 7 nitrogen and oxygen atoms in total. The van der Waals surface area contributed by atoms with E-state index in [0.29, 0.717) is 22.4 Å². The van der Waals surface area contributed by atoms with Crippen LogP contribution in [-0.2, 0) is 20.7 Å². The van der Waals surface area contributed by atoms with Gasteiger partial charge in [-0.3, -0.25) is 9.59 Å². The molecule has 0 radical (unpaired) electrons. The number of aromatic nitrogens is 2. The van der Waals surface area contributed by atoms with E-state index in [4.69, 9.17) is 20.9 Å². The van der Waals surface area contributed by atoms with Crippen molar-refractivity contribution in [2.75, 3.05) is 11.9 Å². The van der Waals surface area contributed by atoms with Gasteiger partial charge in [0, 0.05) is 27.2 Å². The Labute approximate surface area is 174 Å². The molecule has 28 heavy (non-hydrogen) atoms. The minimum atomic E-state index is -0.530. The lowest BCUT2D eigenvalue weighted by Crippen LogP contribution is -2.21. The standard InChI is InChI=1S/C19H15BrClN3O4/c20-13-3-7-15(8-4-13)22-16(25)11-27-18(26)10-9-17-23-19(24-28-17)12-1-5-14(21)6-2-12/h1-8H,9-11H2,(H,22,25). The van der Waals surface area contributed by atoms with E-state index >= 15 is 0 Å². The van der Waals surface area contributed by atoms with E-state index < -0.39 is 11.9 Å². The first kappa shape index (κ1) is 20.0. The van der Waals surface area contributed by atoms with Crippen molar-refractivity contribution >= 4 is 45.1 Å². The third-order valence-corrected chi connectivity index (χ3v) is 4.39. The zero-order valence-corrected chi connectivity index (χ0v) is 16.9. The maximum Gasteiger partial charge on any atom is 0.306 e. The van der Waals surface area contributed by atoms with Crippen LogP contribution in [0.5, 0.6) is 0 Å². The van der Waals surface area contributed by atoms with Crippen LogP contribution in [0.3, 0.4) is 0 Å². The molecule has 1 heterocycles. The quantitative estimate of drug-likeness (QED) is 0.525. The zero-order chi connectivity index (χ0) is 19.9. The molecule has 0 saturated heterocycles. The SMILES string of the molecule is O=C(COC(=O)CCc1nc(-c2ccc(Cl)cc2)no1)Nc1ccc(Br)cc1. The third-order valence-electron chi connectivity index (χ3n) is 3.61. The average molecular weight is 465 g/mol. The second-order valence-electron chi connectivity index (χ2n) is 5.73. The van der Waals surface area contributed by atoms with Crippen LogP contribution in [0.2, 0.25) is 5.02 Å². The van der Waals surface area contributed by atoms with Gasteiger partial charge in [0.2, 0.25) is 11.7 Å². The summed E-state index contributed by atoms with van der Waals surface area (Å²) in [6, 6.07) is 14.1. The smallest absolute Gasteiger partial charge is 0.306 e. The van der Waals surface area contributed by atoms with Gasteiger partial charge < -0.3 is 14.6 Å². The highest BCUT2D eigenvalue weighted by Crippen LogP contribution is 2.19. The first-order chi connectivity index (χ1) is 13.5. The van der Waals surface area contributed by atoms with Gasteiger partial charge in [-0.25, -0.2) is 0 Å². The fourth-order valence-electron chi connectivity index (χ4n) is 2.23. The maximum atomic E-state index is 11.8. The second kappa shape index (κ2) is 9.48. The normalized spacial score (nSPS) is 10.5. The number of nitrogens with one attached hydrogen (secondary N) is 1. The number of amides is 1. The third kappa shape index (κ3) is 5.90. The highest BCUT2D eigenvalue weighted by atomic mass is 79.9. The van der Waals surface area contributed by atoms with E-state index in [-0.39, 0.29) is 19.4 Å². The van der Waals surface area contributed by atoms with Gasteiger partial charge in [0.15, 0.2) is 6.61 Å². The molecule has 0 saturated carbocycles. The van der Waals surface area contributed by atoms with Crippen molar-refractivity contribution in [2.45, 2.75) is 12.8 Å². The molecule has 0 aliphatic heterocycles. The molecule has 0 spiro atoms. The number of carbonyl (C=O) groups excluding carboxylic acids is 2. The van der Waals surface area contributed by atoms with Crippen LogP contribution in [0.1, 0.15) is 12.3 Å². The molecule has 2 aromatic carbocycles. The average Bonchev–Trinajstić information content (AvgIpc) is 3.16. The number of rotatable bonds is 7. The van der Waals surface area contributed by atoms with Gasteiger partial charge in [-0.05, 0) is 48.5 Å². The van der Waals surface area contributed by atoms with Gasteiger partial charge in [0.1, 0.15) is 0 Å². The maximum absolute atomic E-state index is 11.8. The van der Waals surface area contributed by atoms with E-state index in [9.17, 15) is 9.59 Å². The van der Waals surface area contributed by atoms with E-state index in [2.05, 4.69) is 31.4 Å². The van der Waals surface area contributed by atoms with Crippen molar-refractivity contribution < 1.29 is 18.8 Å². The fraction of sp³-hybridized carbons (Fsp3) is 0.158. The lowest BCUT2D eigenvalue weighted by molar-refractivity contribution is -0.147. The molecule has 1 N–H and O–H groups in total. The van der Waals surface area contributed by atoms with Crippen LogP contribution in [0.25, 0.3) is 11.4 Å². The van der Waals surface area contributed by atoms with E-state index in [1.807, 2.05) is 0 Å². The summed E-state index contributed by atoms with van der Waals surface area (Å²) < 4.78 is 11.0. The molecule has 0 bridgehead atoms. The van der Waals surface area contributed by atoms with Crippen molar-refractivity contribution in [3.8, 4) is 11.4 Å². The lowest BCUT2D eigenvalue weighted by Gasteiger charge is -2.06. The van der Waals surface area contributed by atoms with E-state index in [1.165, 1.54) is 0 Å². The molecule has 1 aromatic heterocycles. The predicted octanol–water partition coefficient (Wildman–Crippen LogP) is 4.27. The van der Waals surface area contributed by atoms with Crippen LogP contribution in [-0.4, -0.2) is 28.6 Å². The molecule has 0 aliphatic carbocycles. The van der Waals surface area contributed by atoms with Crippen LogP contribution in [0.15, 0.2) is 57.5 Å². The van der Waals surface area contributed by atoms with Crippen molar-refractivity contribution in [3.05, 3.63) is 63.9 Å². The van der Waals surface area contributed by atoms with Crippen LogP contribution < -0.4 is 5.32 Å². The molecule has 0 aliphatic rings. The Morgan fingerprint density at radius 2 is 1.82 bits per heavy atom. The molecule has 9 heteroatoms. The number of hydrogen-bond donors (Lipinski definition) is 1.